The van der Waals surface area contributed by atoms with E-state index in [1.807, 2.05) is 0 Å². The highest BCUT2D eigenvalue weighted by Crippen LogP contribution is 2.11. The van der Waals surface area contributed by atoms with E-state index in [1.165, 1.54) is 12.1 Å². The van der Waals surface area contributed by atoms with Crippen molar-refractivity contribution in [3.05, 3.63) is 63.1 Å². The third-order valence-corrected chi connectivity index (χ3v) is 3.02. The molecule has 0 bridgehead atoms. The maximum Gasteiger partial charge on any atom is 0.254 e. The lowest BCUT2D eigenvalue weighted by atomic mass is 10.1. The summed E-state index contributed by atoms with van der Waals surface area (Å²) >= 11 is 0. The van der Waals surface area contributed by atoms with E-state index in [-0.39, 0.29) is 17.7 Å². The molecular weight excluding hydrogens is 269 g/mol. The predicted molar refractivity (Wildman–Crippen MR) is 79.4 cm³/mol. The number of nitrogens with two attached hydrogens (primary N) is 1. The van der Waals surface area contributed by atoms with E-state index in [0.717, 1.165) is 5.56 Å². The zero-order valence-electron chi connectivity index (χ0n) is 12.0. The van der Waals surface area contributed by atoms with Crippen molar-refractivity contribution in [2.24, 2.45) is 5.73 Å². The minimum absolute atomic E-state index is 0.126. The Morgan fingerprint density at radius 3 is 2.76 bits per heavy atom. The summed E-state index contributed by atoms with van der Waals surface area (Å²) in [5.74, 6) is 5.53. The predicted octanol–water partition coefficient (Wildman–Crippen LogP) is 1.36. The van der Waals surface area contributed by atoms with Crippen molar-refractivity contribution in [1.29, 1.82) is 0 Å². The second-order valence-electron chi connectivity index (χ2n) is 4.69. The van der Waals surface area contributed by atoms with E-state index in [2.05, 4.69) is 16.8 Å². The molecule has 0 saturated heterocycles. The lowest BCUT2D eigenvalue weighted by Crippen LogP contribution is -2.24. The van der Waals surface area contributed by atoms with Crippen molar-refractivity contribution in [3.63, 3.8) is 0 Å². The first-order valence-corrected chi connectivity index (χ1v) is 6.53. The van der Waals surface area contributed by atoms with Gasteiger partial charge in [-0.15, -0.1) is 0 Å². The van der Waals surface area contributed by atoms with Crippen LogP contribution in [0.2, 0.25) is 0 Å². The lowest BCUT2D eigenvalue weighted by Gasteiger charge is -2.10. The molecule has 2 rings (SSSR count). The van der Waals surface area contributed by atoms with Crippen molar-refractivity contribution < 1.29 is 4.39 Å². The number of aryl methyl sites for hydroxylation is 2. The standard InChI is InChI=1S/C16H16FN3O/c1-11-8-16(21)20(12(2)19-11)10-13-5-6-15(17)14(9-13)4-3-7-18/h5-6,8-9H,7,10,18H2,1-2H3. The summed E-state index contributed by atoms with van der Waals surface area (Å²) < 4.78 is 15.2. The van der Waals surface area contributed by atoms with Gasteiger partial charge < -0.3 is 5.73 Å². The van der Waals surface area contributed by atoms with E-state index >= 15 is 0 Å². The molecule has 1 aromatic heterocycles. The molecule has 0 aliphatic heterocycles. The van der Waals surface area contributed by atoms with Crippen LogP contribution in [0.25, 0.3) is 0 Å². The van der Waals surface area contributed by atoms with E-state index in [4.69, 9.17) is 5.73 Å². The summed E-state index contributed by atoms with van der Waals surface area (Å²) in [5.41, 5.74) is 6.92. The SMILES string of the molecule is Cc1cc(=O)n(Cc2ccc(F)c(C#CCN)c2)c(C)n1. The van der Waals surface area contributed by atoms with Crippen LogP contribution in [0.4, 0.5) is 4.39 Å². The van der Waals surface area contributed by atoms with Gasteiger partial charge in [0.25, 0.3) is 5.56 Å². The van der Waals surface area contributed by atoms with Crippen LogP contribution in [0.15, 0.2) is 29.1 Å². The minimum atomic E-state index is -0.397. The Labute approximate surface area is 122 Å². The fourth-order valence-electron chi connectivity index (χ4n) is 2.05. The third-order valence-electron chi connectivity index (χ3n) is 3.02. The van der Waals surface area contributed by atoms with Crippen LogP contribution < -0.4 is 11.3 Å². The smallest absolute Gasteiger partial charge is 0.254 e. The Bertz CT molecular complexity index is 784. The normalized spacial score (nSPS) is 10.1. The number of halogens is 1. The van der Waals surface area contributed by atoms with Crippen LogP contribution in [0, 0.1) is 31.5 Å². The van der Waals surface area contributed by atoms with Gasteiger partial charge in [-0.2, -0.15) is 0 Å². The van der Waals surface area contributed by atoms with Crippen LogP contribution in [0.5, 0.6) is 0 Å². The fraction of sp³-hybridized carbons (Fsp3) is 0.250. The first-order valence-electron chi connectivity index (χ1n) is 6.53. The molecule has 5 heteroatoms. The van der Waals surface area contributed by atoms with Gasteiger partial charge in [-0.1, -0.05) is 17.9 Å². The summed E-state index contributed by atoms with van der Waals surface area (Å²) in [6, 6.07) is 6.09. The molecule has 0 atom stereocenters. The van der Waals surface area contributed by atoms with E-state index < -0.39 is 5.82 Å². The molecule has 1 heterocycles. The molecule has 4 nitrogen and oxygen atoms in total. The van der Waals surface area contributed by atoms with Crippen LogP contribution in [0.3, 0.4) is 0 Å². The Morgan fingerprint density at radius 1 is 1.33 bits per heavy atom. The molecule has 0 aliphatic rings. The molecule has 21 heavy (non-hydrogen) atoms. The summed E-state index contributed by atoms with van der Waals surface area (Å²) in [7, 11) is 0. The maximum atomic E-state index is 13.6. The van der Waals surface area contributed by atoms with E-state index in [0.29, 0.717) is 18.1 Å². The monoisotopic (exact) mass is 285 g/mol. The second kappa shape index (κ2) is 6.33. The molecule has 2 N–H and O–H groups in total. The van der Waals surface area contributed by atoms with Gasteiger partial charge >= 0.3 is 0 Å². The molecule has 108 valence electrons. The first kappa shape index (κ1) is 14.9. The maximum absolute atomic E-state index is 13.6. The highest BCUT2D eigenvalue weighted by atomic mass is 19.1. The fourth-order valence-corrected chi connectivity index (χ4v) is 2.05. The van der Waals surface area contributed by atoms with Crippen molar-refractivity contribution in [2.45, 2.75) is 20.4 Å². The molecule has 0 aliphatic carbocycles. The quantitative estimate of drug-likeness (QED) is 0.847. The van der Waals surface area contributed by atoms with Gasteiger partial charge in [0, 0.05) is 11.8 Å². The van der Waals surface area contributed by atoms with E-state index in [1.54, 1.807) is 30.5 Å². The Balaban J connectivity index is 2.39. The number of benzene rings is 1. The zero-order valence-corrected chi connectivity index (χ0v) is 12.0. The minimum Gasteiger partial charge on any atom is -0.320 e. The van der Waals surface area contributed by atoms with Crippen molar-refractivity contribution in [2.75, 3.05) is 6.54 Å². The molecule has 0 amide bonds. The van der Waals surface area contributed by atoms with Crippen LogP contribution in [0.1, 0.15) is 22.6 Å². The number of hydrogen-bond acceptors (Lipinski definition) is 3. The first-order chi connectivity index (χ1) is 10.0. The van der Waals surface area contributed by atoms with Gasteiger partial charge in [-0.25, -0.2) is 9.37 Å². The highest BCUT2D eigenvalue weighted by molar-refractivity contribution is 5.38. The molecule has 0 radical (unpaired) electrons. The van der Waals surface area contributed by atoms with Crippen molar-refractivity contribution >= 4 is 0 Å². The van der Waals surface area contributed by atoms with Gasteiger partial charge in [0.15, 0.2) is 0 Å². The van der Waals surface area contributed by atoms with Crippen LogP contribution >= 0.6 is 0 Å². The molecule has 0 fully saturated rings. The van der Waals surface area contributed by atoms with Crippen molar-refractivity contribution in [3.8, 4) is 11.8 Å². The summed E-state index contributed by atoms with van der Waals surface area (Å²) in [5, 5.41) is 0. The largest absolute Gasteiger partial charge is 0.320 e. The van der Waals surface area contributed by atoms with Crippen molar-refractivity contribution in [1.82, 2.24) is 9.55 Å². The number of nitrogens with zero attached hydrogens (tertiary/aromatic N) is 2. The summed E-state index contributed by atoms with van der Waals surface area (Å²) in [4.78, 5) is 16.3. The molecule has 0 spiro atoms. The highest BCUT2D eigenvalue weighted by Gasteiger charge is 2.06. The summed E-state index contributed by atoms with van der Waals surface area (Å²) in [6.07, 6.45) is 0. The van der Waals surface area contributed by atoms with Gasteiger partial charge in [-0.05, 0) is 31.5 Å². The Kier molecular flexibility index (Phi) is 4.51. The zero-order chi connectivity index (χ0) is 15.4. The summed E-state index contributed by atoms with van der Waals surface area (Å²) in [6.45, 7) is 4.05. The van der Waals surface area contributed by atoms with Crippen LogP contribution in [-0.2, 0) is 6.54 Å². The molecule has 1 aromatic carbocycles. The topological polar surface area (TPSA) is 60.9 Å². The van der Waals surface area contributed by atoms with Gasteiger partial charge in [-0.3, -0.25) is 9.36 Å². The Morgan fingerprint density at radius 2 is 2.10 bits per heavy atom. The van der Waals surface area contributed by atoms with Gasteiger partial charge in [0.2, 0.25) is 0 Å². The third kappa shape index (κ3) is 3.56. The molecular formula is C16H16FN3O. The average Bonchev–Trinajstić information content (AvgIpc) is 2.43. The number of aromatic nitrogens is 2. The molecule has 0 saturated carbocycles. The van der Waals surface area contributed by atoms with Gasteiger partial charge in [0.1, 0.15) is 11.6 Å². The second-order valence-corrected chi connectivity index (χ2v) is 4.69. The number of rotatable bonds is 2. The van der Waals surface area contributed by atoms with E-state index in [9.17, 15) is 9.18 Å². The average molecular weight is 285 g/mol. The van der Waals surface area contributed by atoms with Crippen LogP contribution in [-0.4, -0.2) is 16.1 Å². The lowest BCUT2D eigenvalue weighted by molar-refractivity contribution is 0.621. The Hall–Kier alpha value is -2.45. The molecule has 2 aromatic rings. The van der Waals surface area contributed by atoms with Gasteiger partial charge in [0.05, 0.1) is 18.7 Å². The number of hydrogen-bond donors (Lipinski definition) is 1. The molecule has 0 unspecified atom stereocenters.